The molecule has 0 saturated carbocycles. The van der Waals surface area contributed by atoms with Crippen LogP contribution in [0, 0.1) is 0 Å². The number of primary amides is 1. The van der Waals surface area contributed by atoms with E-state index in [4.69, 9.17) is 10.5 Å². The van der Waals surface area contributed by atoms with Crippen molar-refractivity contribution in [2.45, 2.75) is 6.61 Å². The van der Waals surface area contributed by atoms with E-state index in [0.717, 1.165) is 0 Å². The Labute approximate surface area is 149 Å². The number of pyridine rings is 3. The molecule has 8 heteroatoms. The molecule has 3 aromatic rings. The number of nitrogens with two attached hydrogens (primary N) is 1. The summed E-state index contributed by atoms with van der Waals surface area (Å²) in [6.45, 7) is 0.139. The van der Waals surface area contributed by atoms with Crippen LogP contribution >= 0.6 is 0 Å². The molecular formula is C18H15N5O3. The van der Waals surface area contributed by atoms with Gasteiger partial charge in [0, 0.05) is 18.6 Å². The van der Waals surface area contributed by atoms with Crippen molar-refractivity contribution >= 4 is 17.6 Å². The van der Waals surface area contributed by atoms with Gasteiger partial charge in [0.25, 0.3) is 5.91 Å². The molecular weight excluding hydrogens is 334 g/mol. The van der Waals surface area contributed by atoms with Gasteiger partial charge in [-0.2, -0.15) is 0 Å². The highest BCUT2D eigenvalue weighted by Gasteiger charge is 2.08. The summed E-state index contributed by atoms with van der Waals surface area (Å²) in [5.41, 5.74) is 6.50. The first-order chi connectivity index (χ1) is 12.6. The van der Waals surface area contributed by atoms with E-state index in [1.54, 1.807) is 36.5 Å². The number of ether oxygens (including phenoxy) is 1. The molecule has 0 spiro atoms. The van der Waals surface area contributed by atoms with Crippen molar-refractivity contribution < 1.29 is 14.3 Å². The molecule has 3 aromatic heterocycles. The third kappa shape index (κ3) is 4.38. The van der Waals surface area contributed by atoms with Crippen LogP contribution in [0.2, 0.25) is 0 Å². The molecule has 0 unspecified atom stereocenters. The predicted molar refractivity (Wildman–Crippen MR) is 93.5 cm³/mol. The van der Waals surface area contributed by atoms with Crippen LogP contribution in [0.15, 0.2) is 61.2 Å². The minimum Gasteiger partial charge on any atom is -0.486 e. The average Bonchev–Trinajstić information content (AvgIpc) is 2.67. The molecule has 26 heavy (non-hydrogen) atoms. The summed E-state index contributed by atoms with van der Waals surface area (Å²) < 4.78 is 5.57. The van der Waals surface area contributed by atoms with E-state index >= 15 is 0 Å². The maximum atomic E-state index is 12.1. The van der Waals surface area contributed by atoms with Crippen LogP contribution in [0.3, 0.4) is 0 Å². The van der Waals surface area contributed by atoms with Gasteiger partial charge in [0.15, 0.2) is 0 Å². The Bertz CT molecular complexity index is 931. The Morgan fingerprint density at radius 2 is 1.88 bits per heavy atom. The zero-order chi connectivity index (χ0) is 18.4. The van der Waals surface area contributed by atoms with E-state index in [1.165, 1.54) is 24.7 Å². The molecule has 130 valence electrons. The van der Waals surface area contributed by atoms with Crippen LogP contribution in [-0.4, -0.2) is 26.8 Å². The summed E-state index contributed by atoms with van der Waals surface area (Å²) in [6, 6.07) is 10.0. The summed E-state index contributed by atoms with van der Waals surface area (Å²) >= 11 is 0. The Balaban J connectivity index is 1.65. The molecule has 0 aliphatic heterocycles. The number of hydrogen-bond donors (Lipinski definition) is 2. The Morgan fingerprint density at radius 1 is 1.04 bits per heavy atom. The number of amides is 2. The fourth-order valence-corrected chi connectivity index (χ4v) is 2.10. The zero-order valence-electron chi connectivity index (χ0n) is 13.6. The third-order valence-corrected chi connectivity index (χ3v) is 3.36. The lowest BCUT2D eigenvalue weighted by Gasteiger charge is -2.08. The first-order valence-electron chi connectivity index (χ1n) is 7.67. The van der Waals surface area contributed by atoms with Crippen molar-refractivity contribution in [1.29, 1.82) is 0 Å². The molecule has 2 amide bonds. The molecule has 0 fully saturated rings. The number of nitrogens with one attached hydrogen (secondary N) is 1. The van der Waals surface area contributed by atoms with Crippen molar-refractivity contribution in [3.8, 4) is 5.75 Å². The summed E-state index contributed by atoms with van der Waals surface area (Å²) in [7, 11) is 0. The smallest absolute Gasteiger partial charge is 0.258 e. The van der Waals surface area contributed by atoms with Gasteiger partial charge in [-0.05, 0) is 30.3 Å². The number of aromatic nitrogens is 3. The molecule has 0 saturated heterocycles. The number of anilines is 1. The fourth-order valence-electron chi connectivity index (χ4n) is 2.10. The van der Waals surface area contributed by atoms with Crippen LogP contribution in [0.5, 0.6) is 5.75 Å². The van der Waals surface area contributed by atoms with E-state index in [9.17, 15) is 9.59 Å². The first-order valence-corrected chi connectivity index (χ1v) is 7.67. The lowest BCUT2D eigenvalue weighted by Crippen LogP contribution is -2.14. The molecule has 0 atom stereocenters. The van der Waals surface area contributed by atoms with Gasteiger partial charge in [0.2, 0.25) is 5.91 Å². The fraction of sp³-hybridized carbons (Fsp3) is 0.0556. The number of hydrogen-bond acceptors (Lipinski definition) is 6. The second-order valence-electron chi connectivity index (χ2n) is 5.27. The first kappa shape index (κ1) is 17.0. The van der Waals surface area contributed by atoms with E-state index in [0.29, 0.717) is 22.8 Å². The Morgan fingerprint density at radius 3 is 2.65 bits per heavy atom. The van der Waals surface area contributed by atoms with Crippen LogP contribution in [0.4, 0.5) is 5.82 Å². The van der Waals surface area contributed by atoms with Crippen molar-refractivity contribution in [3.05, 3.63) is 78.0 Å². The molecule has 8 nitrogen and oxygen atoms in total. The van der Waals surface area contributed by atoms with E-state index in [2.05, 4.69) is 20.3 Å². The standard InChI is InChI=1S/C18H15N5O3/c19-17(24)13-7-15(10-21-9-13)26-11-14-4-1-5-16(22-14)23-18(25)12-3-2-6-20-8-12/h1-10H,11H2,(H2,19,24)(H,22,23,25). The summed E-state index contributed by atoms with van der Waals surface area (Å²) in [6.07, 6.45) is 5.90. The van der Waals surface area contributed by atoms with Crippen LogP contribution in [-0.2, 0) is 6.61 Å². The van der Waals surface area contributed by atoms with Gasteiger partial charge < -0.3 is 15.8 Å². The normalized spacial score (nSPS) is 10.2. The molecule has 0 aromatic carbocycles. The van der Waals surface area contributed by atoms with Gasteiger partial charge >= 0.3 is 0 Å². The van der Waals surface area contributed by atoms with Crippen molar-refractivity contribution in [2.24, 2.45) is 5.73 Å². The van der Waals surface area contributed by atoms with Gasteiger partial charge in [-0.25, -0.2) is 4.98 Å². The summed E-state index contributed by atoms with van der Waals surface area (Å²) in [5.74, 6) is -0.0972. The largest absolute Gasteiger partial charge is 0.486 e. The van der Waals surface area contributed by atoms with Gasteiger partial charge in [-0.3, -0.25) is 19.6 Å². The number of carbonyl (C=O) groups is 2. The molecule has 3 N–H and O–H groups in total. The predicted octanol–water partition coefficient (Wildman–Crippen LogP) is 1.80. The maximum Gasteiger partial charge on any atom is 0.258 e. The minimum absolute atomic E-state index is 0.139. The molecule has 0 aliphatic rings. The zero-order valence-corrected chi connectivity index (χ0v) is 13.6. The van der Waals surface area contributed by atoms with E-state index < -0.39 is 5.91 Å². The minimum atomic E-state index is -0.582. The lowest BCUT2D eigenvalue weighted by atomic mass is 10.2. The van der Waals surface area contributed by atoms with E-state index in [1.807, 2.05) is 0 Å². The third-order valence-electron chi connectivity index (χ3n) is 3.36. The van der Waals surface area contributed by atoms with Crippen LogP contribution in [0.25, 0.3) is 0 Å². The van der Waals surface area contributed by atoms with Gasteiger partial charge in [-0.1, -0.05) is 6.07 Å². The molecule has 3 rings (SSSR count). The number of nitrogens with zero attached hydrogens (tertiary/aromatic N) is 3. The highest BCUT2D eigenvalue weighted by Crippen LogP contribution is 2.14. The topological polar surface area (TPSA) is 120 Å². The highest BCUT2D eigenvalue weighted by atomic mass is 16.5. The molecule has 3 heterocycles. The quantitative estimate of drug-likeness (QED) is 0.700. The second-order valence-corrected chi connectivity index (χ2v) is 5.27. The maximum absolute atomic E-state index is 12.1. The molecule has 0 aliphatic carbocycles. The molecule has 0 radical (unpaired) electrons. The highest BCUT2D eigenvalue weighted by molar-refractivity contribution is 6.03. The SMILES string of the molecule is NC(=O)c1cncc(OCc2cccc(NC(=O)c3cccnc3)n2)c1. The second kappa shape index (κ2) is 7.84. The summed E-state index contributed by atoms with van der Waals surface area (Å²) in [5, 5.41) is 2.70. The van der Waals surface area contributed by atoms with Crippen molar-refractivity contribution in [3.63, 3.8) is 0 Å². The average molecular weight is 349 g/mol. The summed E-state index contributed by atoms with van der Waals surface area (Å²) in [4.78, 5) is 35.4. The van der Waals surface area contributed by atoms with Crippen LogP contribution in [0.1, 0.15) is 26.4 Å². The van der Waals surface area contributed by atoms with Crippen molar-refractivity contribution in [2.75, 3.05) is 5.32 Å². The van der Waals surface area contributed by atoms with Crippen molar-refractivity contribution in [1.82, 2.24) is 15.0 Å². The van der Waals surface area contributed by atoms with Crippen LogP contribution < -0.4 is 15.8 Å². The van der Waals surface area contributed by atoms with Gasteiger partial charge in [0.05, 0.1) is 23.0 Å². The van der Waals surface area contributed by atoms with Gasteiger partial charge in [-0.15, -0.1) is 0 Å². The number of rotatable bonds is 6. The Kier molecular flexibility index (Phi) is 5.14. The van der Waals surface area contributed by atoms with E-state index in [-0.39, 0.29) is 18.1 Å². The molecule has 0 bridgehead atoms. The van der Waals surface area contributed by atoms with Gasteiger partial charge in [0.1, 0.15) is 18.2 Å². The number of carbonyl (C=O) groups excluding carboxylic acids is 2. The lowest BCUT2D eigenvalue weighted by molar-refractivity contribution is 0.0996. The Hall–Kier alpha value is -3.81. The monoisotopic (exact) mass is 349 g/mol.